The minimum Gasteiger partial charge on any atom is -0.353 e. The third-order valence-electron chi connectivity index (χ3n) is 4.49. The Balaban J connectivity index is 1.36. The number of anilines is 3. The average molecular weight is 382 g/mol. The van der Waals surface area contributed by atoms with Crippen molar-refractivity contribution in [1.82, 2.24) is 20.2 Å². The maximum atomic E-state index is 5.92. The number of nitrogens with one attached hydrogen (secondary N) is 1. The third-order valence-corrected chi connectivity index (χ3v) is 4.74. The normalized spacial score (nSPS) is 14.3. The van der Waals surface area contributed by atoms with Gasteiger partial charge in [0.15, 0.2) is 5.82 Å². The zero-order chi connectivity index (χ0) is 18.5. The lowest BCUT2D eigenvalue weighted by Gasteiger charge is -2.35. The SMILES string of the molecule is Clc1ccc(CNc2nncc(N3CCN(c4ccccn4)CC3)n2)cc1. The first-order valence-electron chi connectivity index (χ1n) is 8.87. The lowest BCUT2D eigenvalue weighted by molar-refractivity contribution is 0.639. The maximum absolute atomic E-state index is 5.92. The van der Waals surface area contributed by atoms with Crippen LogP contribution in [0.2, 0.25) is 5.02 Å². The predicted molar refractivity (Wildman–Crippen MR) is 107 cm³/mol. The molecule has 0 spiro atoms. The Labute approximate surface area is 163 Å². The fourth-order valence-electron chi connectivity index (χ4n) is 3.01. The van der Waals surface area contributed by atoms with Crippen LogP contribution in [-0.2, 0) is 6.54 Å². The molecule has 27 heavy (non-hydrogen) atoms. The van der Waals surface area contributed by atoms with Gasteiger partial charge in [-0.25, -0.2) is 4.98 Å². The van der Waals surface area contributed by atoms with Gasteiger partial charge in [0.1, 0.15) is 5.82 Å². The van der Waals surface area contributed by atoms with Crippen LogP contribution in [0.4, 0.5) is 17.6 Å². The molecule has 1 aliphatic heterocycles. The maximum Gasteiger partial charge on any atom is 0.244 e. The molecule has 0 unspecified atom stereocenters. The van der Waals surface area contributed by atoms with E-state index in [0.29, 0.717) is 12.5 Å². The topological polar surface area (TPSA) is 70.1 Å². The Bertz CT molecular complexity index is 865. The number of nitrogens with zero attached hydrogens (tertiary/aromatic N) is 6. The zero-order valence-corrected chi connectivity index (χ0v) is 15.5. The highest BCUT2D eigenvalue weighted by Gasteiger charge is 2.19. The van der Waals surface area contributed by atoms with Gasteiger partial charge in [-0.2, -0.15) is 10.1 Å². The monoisotopic (exact) mass is 381 g/mol. The molecular weight excluding hydrogens is 362 g/mol. The van der Waals surface area contributed by atoms with Crippen molar-refractivity contribution in [3.8, 4) is 0 Å². The third kappa shape index (κ3) is 4.43. The van der Waals surface area contributed by atoms with E-state index in [-0.39, 0.29) is 0 Å². The van der Waals surface area contributed by atoms with E-state index in [9.17, 15) is 0 Å². The van der Waals surface area contributed by atoms with Crippen LogP contribution >= 0.6 is 11.6 Å². The van der Waals surface area contributed by atoms with E-state index in [0.717, 1.165) is 48.4 Å². The van der Waals surface area contributed by atoms with E-state index in [1.165, 1.54) is 0 Å². The van der Waals surface area contributed by atoms with Gasteiger partial charge in [-0.15, -0.1) is 5.10 Å². The summed E-state index contributed by atoms with van der Waals surface area (Å²) in [6.45, 7) is 4.15. The van der Waals surface area contributed by atoms with Crippen LogP contribution < -0.4 is 15.1 Å². The fourth-order valence-corrected chi connectivity index (χ4v) is 3.14. The summed E-state index contributed by atoms with van der Waals surface area (Å²) in [7, 11) is 0. The molecule has 8 heteroatoms. The standard InChI is InChI=1S/C19H20ClN7/c20-16-6-4-15(5-7-16)13-22-19-24-18(14-23-25-19)27-11-9-26(10-12-27)17-3-1-2-8-21-17/h1-8,14H,9-13H2,(H,22,24,25). The van der Waals surface area contributed by atoms with Gasteiger partial charge in [0.05, 0.1) is 6.20 Å². The lowest BCUT2D eigenvalue weighted by Crippen LogP contribution is -2.47. The first-order chi connectivity index (χ1) is 13.3. The van der Waals surface area contributed by atoms with Gasteiger partial charge in [0, 0.05) is 43.9 Å². The molecule has 1 saturated heterocycles. The molecule has 0 saturated carbocycles. The van der Waals surface area contributed by atoms with E-state index in [1.807, 2.05) is 48.7 Å². The van der Waals surface area contributed by atoms with Crippen LogP contribution in [-0.4, -0.2) is 46.3 Å². The van der Waals surface area contributed by atoms with Gasteiger partial charge in [0.25, 0.3) is 0 Å². The van der Waals surface area contributed by atoms with Crippen molar-refractivity contribution in [3.63, 3.8) is 0 Å². The molecule has 0 radical (unpaired) electrons. The van der Waals surface area contributed by atoms with Crippen molar-refractivity contribution in [3.05, 3.63) is 65.4 Å². The lowest BCUT2D eigenvalue weighted by atomic mass is 10.2. The van der Waals surface area contributed by atoms with E-state index in [1.54, 1.807) is 6.20 Å². The Hall–Kier alpha value is -2.93. The number of halogens is 1. The Kier molecular flexibility index (Phi) is 5.29. The molecule has 0 amide bonds. The van der Waals surface area contributed by atoms with E-state index >= 15 is 0 Å². The van der Waals surface area contributed by atoms with Gasteiger partial charge in [0.2, 0.25) is 5.95 Å². The number of rotatable bonds is 5. The second-order valence-corrected chi connectivity index (χ2v) is 6.72. The number of pyridine rings is 1. The molecule has 1 aromatic carbocycles. The summed E-state index contributed by atoms with van der Waals surface area (Å²) in [6.07, 6.45) is 3.54. The van der Waals surface area contributed by atoms with Crippen molar-refractivity contribution in [2.45, 2.75) is 6.54 Å². The van der Waals surface area contributed by atoms with E-state index in [4.69, 9.17) is 11.6 Å². The second-order valence-electron chi connectivity index (χ2n) is 6.28. The van der Waals surface area contributed by atoms with Crippen LogP contribution in [0.3, 0.4) is 0 Å². The summed E-state index contributed by atoms with van der Waals surface area (Å²) in [5.74, 6) is 2.38. The molecule has 3 aromatic rings. The van der Waals surface area contributed by atoms with Crippen LogP contribution in [0.25, 0.3) is 0 Å². The summed E-state index contributed by atoms with van der Waals surface area (Å²) >= 11 is 5.92. The first-order valence-corrected chi connectivity index (χ1v) is 9.25. The highest BCUT2D eigenvalue weighted by Crippen LogP contribution is 2.17. The summed E-state index contributed by atoms with van der Waals surface area (Å²) in [4.78, 5) is 13.5. The van der Waals surface area contributed by atoms with Gasteiger partial charge < -0.3 is 15.1 Å². The van der Waals surface area contributed by atoms with E-state index in [2.05, 4.69) is 35.3 Å². The van der Waals surface area contributed by atoms with Crippen molar-refractivity contribution in [2.24, 2.45) is 0 Å². The van der Waals surface area contributed by atoms with Crippen LogP contribution in [0.15, 0.2) is 54.9 Å². The molecular formula is C19H20ClN7. The van der Waals surface area contributed by atoms with Crippen molar-refractivity contribution in [2.75, 3.05) is 41.3 Å². The highest BCUT2D eigenvalue weighted by molar-refractivity contribution is 6.30. The molecule has 7 nitrogen and oxygen atoms in total. The van der Waals surface area contributed by atoms with Gasteiger partial charge >= 0.3 is 0 Å². The number of aromatic nitrogens is 4. The Morgan fingerprint density at radius 3 is 2.37 bits per heavy atom. The molecule has 2 aromatic heterocycles. The first kappa shape index (κ1) is 17.5. The summed E-state index contributed by atoms with van der Waals surface area (Å²) in [6, 6.07) is 13.7. The number of hydrogen-bond acceptors (Lipinski definition) is 7. The predicted octanol–water partition coefficient (Wildman–Crippen LogP) is 2.86. The van der Waals surface area contributed by atoms with Gasteiger partial charge in [-0.3, -0.25) is 0 Å². The second kappa shape index (κ2) is 8.18. The molecule has 1 N–H and O–H groups in total. The van der Waals surface area contributed by atoms with Crippen molar-refractivity contribution < 1.29 is 0 Å². The largest absolute Gasteiger partial charge is 0.353 e. The van der Waals surface area contributed by atoms with Gasteiger partial charge in [-0.1, -0.05) is 29.8 Å². The van der Waals surface area contributed by atoms with Crippen LogP contribution in [0, 0.1) is 0 Å². The fraction of sp³-hybridized carbons (Fsp3) is 0.263. The zero-order valence-electron chi connectivity index (χ0n) is 14.8. The number of benzene rings is 1. The minimum atomic E-state index is 0.523. The molecule has 4 rings (SSSR count). The minimum absolute atomic E-state index is 0.523. The van der Waals surface area contributed by atoms with Gasteiger partial charge in [-0.05, 0) is 29.8 Å². The Morgan fingerprint density at radius 2 is 1.67 bits per heavy atom. The van der Waals surface area contributed by atoms with Crippen LogP contribution in [0.1, 0.15) is 5.56 Å². The molecule has 0 atom stereocenters. The summed E-state index contributed by atoms with van der Waals surface area (Å²) in [5, 5.41) is 12.1. The molecule has 0 bridgehead atoms. The molecule has 1 fully saturated rings. The van der Waals surface area contributed by atoms with E-state index < -0.39 is 0 Å². The molecule has 0 aliphatic carbocycles. The smallest absolute Gasteiger partial charge is 0.244 e. The van der Waals surface area contributed by atoms with Crippen molar-refractivity contribution in [1.29, 1.82) is 0 Å². The molecule has 3 heterocycles. The average Bonchev–Trinajstić information content (AvgIpc) is 2.74. The quantitative estimate of drug-likeness (QED) is 0.728. The number of hydrogen-bond donors (Lipinski definition) is 1. The summed E-state index contributed by atoms with van der Waals surface area (Å²) in [5.41, 5.74) is 1.11. The number of piperazine rings is 1. The molecule has 1 aliphatic rings. The Morgan fingerprint density at radius 1 is 0.926 bits per heavy atom. The molecule has 138 valence electrons. The van der Waals surface area contributed by atoms with Crippen LogP contribution in [0.5, 0.6) is 0 Å². The summed E-state index contributed by atoms with van der Waals surface area (Å²) < 4.78 is 0. The highest BCUT2D eigenvalue weighted by atomic mass is 35.5. The van der Waals surface area contributed by atoms with Crippen molar-refractivity contribution >= 4 is 29.2 Å².